The van der Waals surface area contributed by atoms with Crippen LogP contribution in [0.3, 0.4) is 0 Å². The normalized spacial score (nSPS) is 12.2. The van der Waals surface area contributed by atoms with Crippen molar-refractivity contribution in [3.05, 3.63) is 66.3 Å². The van der Waals surface area contributed by atoms with E-state index in [2.05, 4.69) is 64.2 Å². The van der Waals surface area contributed by atoms with Gasteiger partial charge in [-0.2, -0.15) is 8.42 Å². The van der Waals surface area contributed by atoms with E-state index in [-0.39, 0.29) is 39.6 Å². The molecule has 0 radical (unpaired) electrons. The first kappa shape index (κ1) is 101. The molecular weight excluding hydrogens is 1260 g/mol. The minimum atomic E-state index is -4.10. The van der Waals surface area contributed by atoms with Crippen LogP contribution in [-0.2, 0) is 45.3 Å². The second-order valence-electron chi connectivity index (χ2n) is 27.6. The molecule has 0 bridgehead atoms. The van der Waals surface area contributed by atoms with E-state index in [1.54, 1.807) is 12.1 Å². The maximum atomic E-state index is 11.3. The Morgan fingerprint density at radius 2 is 0.520 bits per heavy atom. The minimum absolute atomic E-state index is 0. The van der Waals surface area contributed by atoms with Crippen LogP contribution in [0.2, 0.25) is 0 Å². The molecule has 0 saturated heterocycles. The van der Waals surface area contributed by atoms with E-state index < -0.39 is 45.8 Å². The molecule has 1 rings (SSSR count). The van der Waals surface area contributed by atoms with Crippen LogP contribution < -0.4 is 15.3 Å². The van der Waals surface area contributed by atoms with Crippen LogP contribution in [-0.4, -0.2) is 65.6 Å². The fraction of sp³-hybridized carbons (Fsp3) is 0.786. The number of aliphatic carboxylic acids is 3. The largest absolute Gasteiger partial charge is 3.00 e. The maximum Gasteiger partial charge on any atom is 3.00 e. The molecule has 1 aromatic rings. The van der Waals surface area contributed by atoms with E-state index in [1.807, 2.05) is 6.07 Å². The summed E-state index contributed by atoms with van der Waals surface area (Å²) in [5.41, 5.74) is 0.726. The third-order valence-electron chi connectivity index (χ3n) is 18.4. The molecule has 98 heavy (non-hydrogen) atoms. The minimum Gasteiger partial charge on any atom is -0.549 e. The molecule has 0 aliphatic carbocycles. The van der Waals surface area contributed by atoms with Gasteiger partial charge in [-0.15, -0.1) is 0 Å². The molecule has 0 spiro atoms. The first-order chi connectivity index (χ1) is 46.8. The molecule has 0 aromatic heterocycles. The third kappa shape index (κ3) is 72.1. The SMILES string of the molecule is CCCCCCCC/C=C\CCCCCCCCC(C(C)=O)C(=O)[O-].CCCCCCCC/C=C\CCCCCCCCC(C(C)=O)C(=O)[O-].CCCCCCCC/C=C\CCCCCCCCC(C(C)=O)C(=O)[O-].CCCCCCCCCCCCc1ccccc1S(=O)(=O)O.[Al+3]. The summed E-state index contributed by atoms with van der Waals surface area (Å²) >= 11 is 0. The van der Waals surface area contributed by atoms with Crippen LogP contribution >= 0.6 is 0 Å². The smallest absolute Gasteiger partial charge is 0.549 e. The van der Waals surface area contributed by atoms with E-state index in [9.17, 15) is 57.1 Å². The summed E-state index contributed by atoms with van der Waals surface area (Å²) in [6, 6.07) is 6.73. The van der Waals surface area contributed by atoms with Crippen molar-refractivity contribution in [3.63, 3.8) is 0 Å². The van der Waals surface area contributed by atoms with Crippen molar-refractivity contribution in [3.8, 4) is 0 Å². The van der Waals surface area contributed by atoms with Crippen molar-refractivity contribution in [2.45, 2.75) is 413 Å². The molecule has 0 amide bonds. The number of benzene rings is 1. The number of hydrogen-bond donors (Lipinski definition) is 1. The monoisotopic (exact) mass is 1410 g/mol. The van der Waals surface area contributed by atoms with Crippen LogP contribution in [0, 0.1) is 17.8 Å². The molecule has 1 N–H and O–H groups in total. The van der Waals surface area contributed by atoms with E-state index in [4.69, 9.17) is 0 Å². The van der Waals surface area contributed by atoms with E-state index >= 15 is 0 Å². The number of carbonyl (C=O) groups is 6. The molecule has 1 aromatic carbocycles. The van der Waals surface area contributed by atoms with Gasteiger partial charge in [0.25, 0.3) is 10.1 Å². The van der Waals surface area contributed by atoms with Crippen LogP contribution in [0.4, 0.5) is 0 Å². The van der Waals surface area contributed by atoms with Gasteiger partial charge in [0, 0.05) is 0 Å². The molecule has 564 valence electrons. The zero-order valence-electron chi connectivity index (χ0n) is 64.0. The quantitative estimate of drug-likeness (QED) is 0.0211. The summed E-state index contributed by atoms with van der Waals surface area (Å²) in [7, 11) is -4.10. The second-order valence-corrected chi connectivity index (χ2v) is 29.0. The molecule has 14 heteroatoms. The number of rotatable bonds is 66. The molecular formula is C84H147AlO12S. The Labute approximate surface area is 613 Å². The number of Topliss-reactive ketones (excluding diaryl/α,β-unsaturated/α-hetero) is 3. The van der Waals surface area contributed by atoms with Crippen molar-refractivity contribution in [1.29, 1.82) is 0 Å². The van der Waals surface area contributed by atoms with E-state index in [0.717, 1.165) is 76.2 Å². The molecule has 0 saturated carbocycles. The van der Waals surface area contributed by atoms with Crippen LogP contribution in [0.1, 0.15) is 407 Å². The Morgan fingerprint density at radius 1 is 0.327 bits per heavy atom. The van der Waals surface area contributed by atoms with Crippen molar-refractivity contribution < 1.29 is 57.1 Å². The van der Waals surface area contributed by atoms with E-state index in [1.165, 1.54) is 290 Å². The van der Waals surface area contributed by atoms with Gasteiger partial charge < -0.3 is 29.7 Å². The Hall–Kier alpha value is -3.70. The van der Waals surface area contributed by atoms with Crippen LogP contribution in [0.15, 0.2) is 65.6 Å². The summed E-state index contributed by atoms with van der Waals surface area (Å²) in [4.78, 5) is 65.9. The van der Waals surface area contributed by atoms with Gasteiger partial charge in [0.15, 0.2) is 0 Å². The van der Waals surface area contributed by atoms with Gasteiger partial charge in [0.05, 0.1) is 40.6 Å². The number of ketones is 3. The van der Waals surface area contributed by atoms with Gasteiger partial charge in [0.2, 0.25) is 0 Å². The number of carboxylic acid groups (broad SMARTS) is 3. The predicted molar refractivity (Wildman–Crippen MR) is 407 cm³/mol. The molecule has 0 heterocycles. The maximum absolute atomic E-state index is 11.3. The average molecular weight is 1410 g/mol. The Bertz CT molecular complexity index is 2000. The van der Waals surface area contributed by atoms with Crippen molar-refractivity contribution in [2.75, 3.05) is 0 Å². The number of aryl methyl sites for hydroxylation is 1. The molecule has 3 atom stereocenters. The van der Waals surface area contributed by atoms with Crippen molar-refractivity contribution in [2.24, 2.45) is 17.8 Å². The Balaban J connectivity index is -0.000000600. The number of hydrogen-bond acceptors (Lipinski definition) is 11. The fourth-order valence-corrected chi connectivity index (χ4v) is 12.8. The predicted octanol–water partition coefficient (Wildman–Crippen LogP) is 21.1. The first-order valence-electron chi connectivity index (χ1n) is 40.0. The molecule has 3 unspecified atom stereocenters. The Morgan fingerprint density at radius 3 is 0.724 bits per heavy atom. The standard InChI is InChI=1S/3C22H40O3.C18H30O3S.Al/c3*1-3-4-5-6-7-8-9-10-11-12-13-14-15-16-17-18-19-21(20(2)23)22(24)25;1-2-3-4-5-6-7-8-9-10-11-14-17-15-12-13-16-18(17)22(19,20)21;/h3*10-11,21H,3-9,12-19H2,1-2H3,(H,24,25);12-13,15-16H,2-11,14H2,1H3,(H,19,20,21);/q;;;;+3/p-3/b3*11-10-;;. The topological polar surface area (TPSA) is 226 Å². The van der Waals surface area contributed by atoms with Crippen molar-refractivity contribution in [1.82, 2.24) is 0 Å². The Kier molecular flexibility index (Phi) is 79.6. The van der Waals surface area contributed by atoms with E-state index in [0.29, 0.717) is 25.7 Å². The molecule has 12 nitrogen and oxygen atoms in total. The summed E-state index contributed by atoms with van der Waals surface area (Å²) in [5, 5.41) is 32.4. The van der Waals surface area contributed by atoms with Gasteiger partial charge in [-0.3, -0.25) is 18.9 Å². The summed E-state index contributed by atoms with van der Waals surface area (Å²) in [5.74, 6) is -7.24. The number of allylic oxidation sites excluding steroid dienone is 6. The average Bonchev–Trinajstić information content (AvgIpc) is 0.893. The summed E-state index contributed by atoms with van der Waals surface area (Å²) in [6.45, 7) is 13.0. The second kappa shape index (κ2) is 77.5. The number of carbonyl (C=O) groups excluding carboxylic acids is 6. The molecule has 0 aliphatic heterocycles. The summed E-state index contributed by atoms with van der Waals surface area (Å²) < 4.78 is 31.8. The van der Waals surface area contributed by atoms with Gasteiger partial charge in [-0.1, -0.05) is 333 Å². The van der Waals surface area contributed by atoms with Crippen molar-refractivity contribution >= 4 is 62.7 Å². The molecule has 0 fully saturated rings. The first-order valence-corrected chi connectivity index (χ1v) is 41.4. The zero-order chi connectivity index (χ0) is 72.5. The van der Waals surface area contributed by atoms with Crippen LogP contribution in [0.5, 0.6) is 0 Å². The van der Waals surface area contributed by atoms with Gasteiger partial charge in [0.1, 0.15) is 17.3 Å². The zero-order valence-corrected chi connectivity index (χ0v) is 66.0. The van der Waals surface area contributed by atoms with Gasteiger partial charge in [-0.25, -0.2) is 0 Å². The van der Waals surface area contributed by atoms with Crippen LogP contribution in [0.25, 0.3) is 0 Å². The number of unbranched alkanes of at least 4 members (excludes halogenated alkanes) is 45. The number of carboxylic acids is 3. The fourth-order valence-electron chi connectivity index (χ4n) is 12.0. The van der Waals surface area contributed by atoms with Gasteiger partial charge >= 0.3 is 17.4 Å². The van der Waals surface area contributed by atoms with Gasteiger partial charge in [-0.05, 0) is 142 Å². The molecule has 0 aliphatic rings. The third-order valence-corrected chi connectivity index (χ3v) is 19.3. The summed E-state index contributed by atoms with van der Waals surface area (Å²) in [6.07, 6.45) is 80.1.